The Labute approximate surface area is 74.5 Å². The van der Waals surface area contributed by atoms with Gasteiger partial charge in [-0.25, -0.2) is 0 Å². The molecule has 1 nitrogen and oxygen atoms in total. The van der Waals surface area contributed by atoms with Crippen molar-refractivity contribution in [2.24, 2.45) is 17.8 Å². The zero-order valence-corrected chi connectivity index (χ0v) is 7.58. The van der Waals surface area contributed by atoms with E-state index in [0.29, 0.717) is 12.5 Å². The molecule has 68 valence electrons. The van der Waals surface area contributed by atoms with Gasteiger partial charge in [0.15, 0.2) is 0 Å². The highest BCUT2D eigenvalue weighted by atomic mass is 16.3. The predicted molar refractivity (Wildman–Crippen MR) is 49.8 cm³/mol. The Morgan fingerprint density at radius 3 is 2.92 bits per heavy atom. The van der Waals surface area contributed by atoms with Crippen LogP contribution in [0.3, 0.4) is 0 Å². The number of hydrogen-bond acceptors (Lipinski definition) is 1. The van der Waals surface area contributed by atoms with Crippen LogP contribution >= 0.6 is 0 Å². The molecule has 1 heteroatoms. The van der Waals surface area contributed by atoms with E-state index in [2.05, 4.69) is 12.2 Å². The van der Waals surface area contributed by atoms with E-state index in [4.69, 9.17) is 0 Å². The Hall–Kier alpha value is -0.300. The molecular weight excluding hydrogens is 148 g/mol. The Kier molecular flexibility index (Phi) is 2.50. The van der Waals surface area contributed by atoms with Gasteiger partial charge in [-0.05, 0) is 37.0 Å². The third-order valence-electron chi connectivity index (χ3n) is 3.54. The molecule has 2 aliphatic carbocycles. The molecule has 1 N–H and O–H groups in total. The molecule has 0 aromatic rings. The van der Waals surface area contributed by atoms with Crippen molar-refractivity contribution in [1.29, 1.82) is 0 Å². The van der Waals surface area contributed by atoms with Crippen molar-refractivity contribution in [3.63, 3.8) is 0 Å². The highest BCUT2D eigenvalue weighted by Crippen LogP contribution is 2.40. The van der Waals surface area contributed by atoms with E-state index in [0.717, 1.165) is 18.3 Å². The molecule has 12 heavy (non-hydrogen) atoms. The normalized spacial score (nSPS) is 40.9. The van der Waals surface area contributed by atoms with Crippen LogP contribution in [0.2, 0.25) is 0 Å². The molecule has 0 bridgehead atoms. The number of aliphatic hydroxyl groups is 1. The fourth-order valence-corrected chi connectivity index (χ4v) is 2.83. The van der Waals surface area contributed by atoms with Gasteiger partial charge in [0.1, 0.15) is 0 Å². The minimum Gasteiger partial charge on any atom is -0.396 e. The van der Waals surface area contributed by atoms with Crippen molar-refractivity contribution < 1.29 is 5.11 Å². The first-order chi connectivity index (χ1) is 5.92. The first kappa shape index (κ1) is 8.31. The van der Waals surface area contributed by atoms with Crippen LogP contribution in [-0.2, 0) is 0 Å². The van der Waals surface area contributed by atoms with E-state index >= 15 is 0 Å². The van der Waals surface area contributed by atoms with Gasteiger partial charge < -0.3 is 5.11 Å². The van der Waals surface area contributed by atoms with Crippen molar-refractivity contribution >= 4 is 0 Å². The summed E-state index contributed by atoms with van der Waals surface area (Å²) in [6, 6.07) is 0. The Balaban J connectivity index is 2.07. The van der Waals surface area contributed by atoms with Gasteiger partial charge in [-0.3, -0.25) is 0 Å². The molecule has 0 spiro atoms. The summed E-state index contributed by atoms with van der Waals surface area (Å²) in [6.07, 6.45) is 11.2. The molecule has 2 aliphatic rings. The first-order valence-electron chi connectivity index (χ1n) is 5.19. The Morgan fingerprint density at radius 1 is 1.25 bits per heavy atom. The van der Waals surface area contributed by atoms with Crippen molar-refractivity contribution in [2.45, 2.75) is 32.1 Å². The van der Waals surface area contributed by atoms with Gasteiger partial charge in [-0.1, -0.05) is 25.0 Å². The van der Waals surface area contributed by atoms with E-state index in [-0.39, 0.29) is 0 Å². The van der Waals surface area contributed by atoms with Crippen molar-refractivity contribution in [2.75, 3.05) is 6.61 Å². The average molecular weight is 166 g/mol. The van der Waals surface area contributed by atoms with Gasteiger partial charge >= 0.3 is 0 Å². The lowest BCUT2D eigenvalue weighted by molar-refractivity contribution is 0.114. The molecule has 0 aromatic heterocycles. The van der Waals surface area contributed by atoms with Crippen molar-refractivity contribution in [3.8, 4) is 0 Å². The fourth-order valence-electron chi connectivity index (χ4n) is 2.83. The maximum absolute atomic E-state index is 9.20. The molecule has 0 amide bonds. The van der Waals surface area contributed by atoms with Gasteiger partial charge in [0.25, 0.3) is 0 Å². The second-order valence-electron chi connectivity index (χ2n) is 4.22. The molecule has 0 aliphatic heterocycles. The van der Waals surface area contributed by atoms with E-state index in [1.165, 1.54) is 25.7 Å². The van der Waals surface area contributed by atoms with Gasteiger partial charge in [0, 0.05) is 6.61 Å². The van der Waals surface area contributed by atoms with Crippen LogP contribution in [0.4, 0.5) is 0 Å². The van der Waals surface area contributed by atoms with Crippen molar-refractivity contribution in [1.82, 2.24) is 0 Å². The number of fused-ring (bicyclic) bond motifs is 1. The zero-order valence-electron chi connectivity index (χ0n) is 7.58. The molecule has 2 rings (SSSR count). The first-order valence-corrected chi connectivity index (χ1v) is 5.19. The summed E-state index contributed by atoms with van der Waals surface area (Å²) < 4.78 is 0. The molecule has 0 radical (unpaired) electrons. The highest BCUT2D eigenvalue weighted by molar-refractivity contribution is 5.01. The molecule has 0 saturated heterocycles. The van der Waals surface area contributed by atoms with Gasteiger partial charge in [-0.15, -0.1) is 0 Å². The number of hydrogen-bond donors (Lipinski definition) is 1. The van der Waals surface area contributed by atoms with Crippen LogP contribution in [0.15, 0.2) is 12.2 Å². The maximum Gasteiger partial charge on any atom is 0.0465 e. The molecule has 3 atom stereocenters. The SMILES string of the molecule is OC[C@@H]1CC=C[C@@H]2CCCC[C@@H]12. The minimum absolute atomic E-state index is 0.394. The number of rotatable bonds is 1. The second-order valence-corrected chi connectivity index (χ2v) is 4.22. The number of aliphatic hydroxyl groups excluding tert-OH is 1. The molecule has 1 saturated carbocycles. The molecule has 0 heterocycles. The third kappa shape index (κ3) is 1.42. The highest BCUT2D eigenvalue weighted by Gasteiger charge is 2.31. The smallest absolute Gasteiger partial charge is 0.0465 e. The van der Waals surface area contributed by atoms with Crippen molar-refractivity contribution in [3.05, 3.63) is 12.2 Å². The third-order valence-corrected chi connectivity index (χ3v) is 3.54. The van der Waals surface area contributed by atoms with E-state index in [9.17, 15) is 5.11 Å². The lowest BCUT2D eigenvalue weighted by atomic mass is 9.69. The molecule has 1 fully saturated rings. The molecule has 0 aromatic carbocycles. The van der Waals surface area contributed by atoms with E-state index in [1.54, 1.807) is 0 Å². The van der Waals surface area contributed by atoms with Crippen LogP contribution < -0.4 is 0 Å². The summed E-state index contributed by atoms with van der Waals surface area (Å²) in [5.41, 5.74) is 0. The van der Waals surface area contributed by atoms with E-state index in [1.807, 2.05) is 0 Å². The van der Waals surface area contributed by atoms with E-state index < -0.39 is 0 Å². The van der Waals surface area contributed by atoms with Crippen LogP contribution in [0, 0.1) is 17.8 Å². The summed E-state index contributed by atoms with van der Waals surface area (Å²) >= 11 is 0. The predicted octanol–water partition coefficient (Wildman–Crippen LogP) is 2.36. The van der Waals surface area contributed by atoms with Crippen LogP contribution in [0.1, 0.15) is 32.1 Å². The van der Waals surface area contributed by atoms with Gasteiger partial charge in [-0.2, -0.15) is 0 Å². The zero-order chi connectivity index (χ0) is 8.39. The molecule has 0 unspecified atom stereocenters. The minimum atomic E-state index is 0.394. The summed E-state index contributed by atoms with van der Waals surface area (Å²) in [5.74, 6) is 2.17. The van der Waals surface area contributed by atoms with Gasteiger partial charge in [0.2, 0.25) is 0 Å². The summed E-state index contributed by atoms with van der Waals surface area (Å²) in [6.45, 7) is 0.394. The summed E-state index contributed by atoms with van der Waals surface area (Å²) in [7, 11) is 0. The topological polar surface area (TPSA) is 20.2 Å². The van der Waals surface area contributed by atoms with Gasteiger partial charge in [0.05, 0.1) is 0 Å². The lowest BCUT2D eigenvalue weighted by Gasteiger charge is -2.37. The average Bonchev–Trinajstić information content (AvgIpc) is 2.17. The Bertz CT molecular complexity index is 174. The summed E-state index contributed by atoms with van der Waals surface area (Å²) in [5, 5.41) is 9.20. The maximum atomic E-state index is 9.20. The number of allylic oxidation sites excluding steroid dienone is 2. The largest absolute Gasteiger partial charge is 0.396 e. The monoisotopic (exact) mass is 166 g/mol. The lowest BCUT2D eigenvalue weighted by Crippen LogP contribution is -2.30. The van der Waals surface area contributed by atoms with Crippen LogP contribution in [-0.4, -0.2) is 11.7 Å². The standard InChI is InChI=1S/C11H18O/c12-8-10-6-3-5-9-4-1-2-7-11(9)10/h3,5,9-12H,1-2,4,6-8H2/t9-,10-,11+/m0/s1. The quantitative estimate of drug-likeness (QED) is 0.593. The fraction of sp³-hybridized carbons (Fsp3) is 0.818. The summed E-state index contributed by atoms with van der Waals surface area (Å²) in [4.78, 5) is 0. The Morgan fingerprint density at radius 2 is 2.08 bits per heavy atom. The van der Waals surface area contributed by atoms with Crippen LogP contribution in [0.5, 0.6) is 0 Å². The molecular formula is C11H18O. The second kappa shape index (κ2) is 3.61. The van der Waals surface area contributed by atoms with Crippen LogP contribution in [0.25, 0.3) is 0 Å².